The van der Waals surface area contributed by atoms with Gasteiger partial charge in [-0.1, -0.05) is 17.7 Å². The van der Waals surface area contributed by atoms with E-state index in [0.717, 1.165) is 43.1 Å². The minimum atomic E-state index is 0.0515. The molecule has 0 atom stereocenters. The molecule has 0 bridgehead atoms. The number of carbonyl (C=O) groups excluding carboxylic acids is 1. The summed E-state index contributed by atoms with van der Waals surface area (Å²) >= 11 is 0. The molecule has 2 aromatic rings. The fourth-order valence-corrected chi connectivity index (χ4v) is 2.98. The first-order chi connectivity index (χ1) is 11.1. The van der Waals surface area contributed by atoms with E-state index in [4.69, 9.17) is 0 Å². The molecule has 120 valence electrons. The Labute approximate surface area is 136 Å². The van der Waals surface area contributed by atoms with Crippen molar-refractivity contribution in [2.75, 3.05) is 23.3 Å². The van der Waals surface area contributed by atoms with Gasteiger partial charge in [-0.3, -0.25) is 4.79 Å². The molecule has 3 rings (SSSR count). The lowest BCUT2D eigenvalue weighted by molar-refractivity contribution is -0.120. The molecule has 0 radical (unpaired) electrons. The highest BCUT2D eigenvalue weighted by molar-refractivity contribution is 5.93. The molecule has 5 nitrogen and oxygen atoms in total. The van der Waals surface area contributed by atoms with E-state index in [2.05, 4.69) is 33.2 Å². The molecule has 1 aromatic carbocycles. The summed E-state index contributed by atoms with van der Waals surface area (Å²) < 4.78 is 0. The second-order valence-electron chi connectivity index (χ2n) is 6.12. The average Bonchev–Trinajstić information content (AvgIpc) is 2.58. The van der Waals surface area contributed by atoms with Gasteiger partial charge in [-0.15, -0.1) is 0 Å². The maximum absolute atomic E-state index is 12.5. The van der Waals surface area contributed by atoms with Crippen LogP contribution in [0.15, 0.2) is 36.7 Å². The van der Waals surface area contributed by atoms with Crippen LogP contribution in [-0.4, -0.2) is 29.0 Å². The van der Waals surface area contributed by atoms with Crippen molar-refractivity contribution in [2.45, 2.75) is 26.7 Å². The summed E-state index contributed by atoms with van der Waals surface area (Å²) in [5.74, 6) is 0.919. The first-order valence-corrected chi connectivity index (χ1v) is 8.03. The first kappa shape index (κ1) is 15.5. The summed E-state index contributed by atoms with van der Waals surface area (Å²) in [7, 11) is 0. The highest BCUT2D eigenvalue weighted by Gasteiger charge is 2.26. The van der Waals surface area contributed by atoms with Crippen molar-refractivity contribution < 1.29 is 4.79 Å². The standard InChI is InChI=1S/C18H22N4O/c1-13-4-5-16(14(2)12-13)21-17(23)15-6-10-22(11-7-15)18-19-8-3-9-20-18/h3-5,8-9,12,15H,6-7,10-11H2,1-2H3,(H,21,23). The van der Waals surface area contributed by atoms with Gasteiger partial charge in [0, 0.05) is 37.1 Å². The van der Waals surface area contributed by atoms with Crippen LogP contribution < -0.4 is 10.2 Å². The fourth-order valence-electron chi connectivity index (χ4n) is 2.98. The minimum Gasteiger partial charge on any atom is -0.341 e. The number of aromatic nitrogens is 2. The second kappa shape index (κ2) is 6.77. The van der Waals surface area contributed by atoms with E-state index < -0.39 is 0 Å². The predicted octanol–water partition coefficient (Wildman–Crippen LogP) is 2.95. The molecular weight excluding hydrogens is 288 g/mol. The smallest absolute Gasteiger partial charge is 0.227 e. The fraction of sp³-hybridized carbons (Fsp3) is 0.389. The molecule has 1 aliphatic rings. The first-order valence-electron chi connectivity index (χ1n) is 8.03. The average molecular weight is 310 g/mol. The zero-order chi connectivity index (χ0) is 16.2. The molecule has 23 heavy (non-hydrogen) atoms. The van der Waals surface area contributed by atoms with Gasteiger partial charge in [-0.2, -0.15) is 0 Å². The number of benzene rings is 1. The monoisotopic (exact) mass is 310 g/mol. The molecule has 1 N–H and O–H groups in total. The number of nitrogens with one attached hydrogen (secondary N) is 1. The topological polar surface area (TPSA) is 58.1 Å². The van der Waals surface area contributed by atoms with Gasteiger partial charge >= 0.3 is 0 Å². The summed E-state index contributed by atoms with van der Waals surface area (Å²) in [5.41, 5.74) is 3.22. The van der Waals surface area contributed by atoms with E-state index >= 15 is 0 Å². The summed E-state index contributed by atoms with van der Waals surface area (Å²) in [4.78, 5) is 23.2. The zero-order valence-corrected chi connectivity index (χ0v) is 13.6. The van der Waals surface area contributed by atoms with E-state index in [9.17, 15) is 4.79 Å². The second-order valence-corrected chi connectivity index (χ2v) is 6.12. The molecule has 1 saturated heterocycles. The van der Waals surface area contributed by atoms with Crippen molar-refractivity contribution in [1.82, 2.24) is 9.97 Å². The Kier molecular flexibility index (Phi) is 4.55. The number of aryl methyl sites for hydroxylation is 2. The Morgan fingerprint density at radius 2 is 1.87 bits per heavy atom. The SMILES string of the molecule is Cc1ccc(NC(=O)C2CCN(c3ncccn3)CC2)c(C)c1. The third-order valence-electron chi connectivity index (χ3n) is 4.34. The van der Waals surface area contributed by atoms with Crippen molar-refractivity contribution in [3.05, 3.63) is 47.8 Å². The Morgan fingerprint density at radius 1 is 1.17 bits per heavy atom. The molecule has 2 heterocycles. The lowest BCUT2D eigenvalue weighted by Crippen LogP contribution is -2.39. The van der Waals surface area contributed by atoms with Crippen molar-refractivity contribution in [3.8, 4) is 0 Å². The van der Waals surface area contributed by atoms with E-state index in [1.165, 1.54) is 5.56 Å². The predicted molar refractivity (Wildman–Crippen MR) is 91.5 cm³/mol. The number of anilines is 2. The molecule has 1 aromatic heterocycles. The Morgan fingerprint density at radius 3 is 2.52 bits per heavy atom. The zero-order valence-electron chi connectivity index (χ0n) is 13.6. The van der Waals surface area contributed by atoms with Crippen LogP contribution in [0.25, 0.3) is 0 Å². The summed E-state index contributed by atoms with van der Waals surface area (Å²) in [6, 6.07) is 7.91. The quantitative estimate of drug-likeness (QED) is 0.947. The molecule has 1 aliphatic heterocycles. The van der Waals surface area contributed by atoms with Gasteiger partial charge in [0.15, 0.2) is 0 Å². The van der Waals surface area contributed by atoms with E-state index in [0.29, 0.717) is 0 Å². The molecule has 0 aliphatic carbocycles. The Balaban J connectivity index is 1.58. The third kappa shape index (κ3) is 3.67. The van der Waals surface area contributed by atoms with Crippen LogP contribution in [0.1, 0.15) is 24.0 Å². The molecule has 0 saturated carbocycles. The number of carbonyl (C=O) groups is 1. The van der Waals surface area contributed by atoms with Crippen LogP contribution >= 0.6 is 0 Å². The summed E-state index contributed by atoms with van der Waals surface area (Å²) in [6.45, 7) is 5.71. The third-order valence-corrected chi connectivity index (χ3v) is 4.34. The van der Waals surface area contributed by atoms with Gasteiger partial charge < -0.3 is 10.2 Å². The summed E-state index contributed by atoms with van der Waals surface area (Å²) in [6.07, 6.45) is 5.16. The Hall–Kier alpha value is -2.43. The lowest BCUT2D eigenvalue weighted by atomic mass is 9.96. The van der Waals surface area contributed by atoms with Crippen LogP contribution in [-0.2, 0) is 4.79 Å². The number of nitrogens with zero attached hydrogens (tertiary/aromatic N) is 3. The van der Waals surface area contributed by atoms with Crippen molar-refractivity contribution >= 4 is 17.5 Å². The van der Waals surface area contributed by atoms with Crippen LogP contribution in [0.4, 0.5) is 11.6 Å². The van der Waals surface area contributed by atoms with Gasteiger partial charge in [0.25, 0.3) is 0 Å². The van der Waals surface area contributed by atoms with Crippen LogP contribution in [0, 0.1) is 19.8 Å². The molecule has 1 fully saturated rings. The number of hydrogen-bond donors (Lipinski definition) is 1. The molecular formula is C18H22N4O. The van der Waals surface area contributed by atoms with Gasteiger partial charge in [-0.05, 0) is 44.4 Å². The molecule has 1 amide bonds. The molecule has 0 spiro atoms. The lowest BCUT2D eigenvalue weighted by Gasteiger charge is -2.31. The molecule has 5 heteroatoms. The number of piperidine rings is 1. The van der Waals surface area contributed by atoms with Gasteiger partial charge in [-0.25, -0.2) is 9.97 Å². The van der Waals surface area contributed by atoms with Crippen LogP contribution in [0.5, 0.6) is 0 Å². The van der Waals surface area contributed by atoms with Crippen LogP contribution in [0.3, 0.4) is 0 Å². The Bertz CT molecular complexity index is 679. The largest absolute Gasteiger partial charge is 0.341 e. The number of rotatable bonds is 3. The summed E-state index contributed by atoms with van der Waals surface area (Å²) in [5, 5.41) is 3.07. The number of hydrogen-bond acceptors (Lipinski definition) is 4. The van der Waals surface area contributed by atoms with Gasteiger partial charge in [0.2, 0.25) is 11.9 Å². The van der Waals surface area contributed by atoms with Gasteiger partial charge in [0.1, 0.15) is 0 Å². The van der Waals surface area contributed by atoms with E-state index in [1.54, 1.807) is 12.4 Å². The number of amides is 1. The maximum Gasteiger partial charge on any atom is 0.227 e. The van der Waals surface area contributed by atoms with E-state index in [-0.39, 0.29) is 11.8 Å². The highest BCUT2D eigenvalue weighted by atomic mass is 16.1. The van der Waals surface area contributed by atoms with Crippen molar-refractivity contribution in [3.63, 3.8) is 0 Å². The van der Waals surface area contributed by atoms with E-state index in [1.807, 2.05) is 25.1 Å². The van der Waals surface area contributed by atoms with Gasteiger partial charge in [0.05, 0.1) is 0 Å². The highest BCUT2D eigenvalue weighted by Crippen LogP contribution is 2.23. The van der Waals surface area contributed by atoms with Crippen molar-refractivity contribution in [1.29, 1.82) is 0 Å². The van der Waals surface area contributed by atoms with Crippen molar-refractivity contribution in [2.24, 2.45) is 5.92 Å². The minimum absolute atomic E-state index is 0.0515. The molecule has 0 unspecified atom stereocenters. The normalized spacial score (nSPS) is 15.5. The maximum atomic E-state index is 12.5. The van der Waals surface area contributed by atoms with Crippen LogP contribution in [0.2, 0.25) is 0 Å².